The number of hydrogen-bond acceptors (Lipinski definition) is 6. The fourth-order valence-corrected chi connectivity index (χ4v) is 3.16. The Balaban J connectivity index is 1.63. The van der Waals surface area contributed by atoms with Crippen molar-refractivity contribution in [2.75, 3.05) is 22.5 Å². The van der Waals surface area contributed by atoms with E-state index in [1.807, 2.05) is 13.0 Å². The summed E-state index contributed by atoms with van der Waals surface area (Å²) in [5.41, 5.74) is 7.23. The van der Waals surface area contributed by atoms with E-state index in [-0.39, 0.29) is 23.8 Å². The van der Waals surface area contributed by atoms with Crippen LogP contribution in [-0.4, -0.2) is 29.6 Å². The molecule has 132 valence electrons. The highest BCUT2D eigenvalue weighted by Gasteiger charge is 2.43. The number of cyclic esters (lactones) is 1. The molecule has 1 aliphatic heterocycles. The summed E-state index contributed by atoms with van der Waals surface area (Å²) in [7, 11) is 0. The van der Waals surface area contributed by atoms with Crippen LogP contribution in [0.1, 0.15) is 13.3 Å². The Bertz CT molecular complexity index is 967. The molecule has 8 heteroatoms. The number of hydrogen-bond donors (Lipinski definition) is 2. The molecule has 1 saturated carbocycles. The van der Waals surface area contributed by atoms with E-state index in [4.69, 9.17) is 15.7 Å². The number of anilines is 3. The van der Waals surface area contributed by atoms with Crippen molar-refractivity contribution in [1.29, 1.82) is 5.26 Å². The molecule has 3 atom stereocenters. The second-order valence-electron chi connectivity index (χ2n) is 6.70. The van der Waals surface area contributed by atoms with Gasteiger partial charge in [0.05, 0.1) is 24.4 Å². The first kappa shape index (κ1) is 16.1. The van der Waals surface area contributed by atoms with Gasteiger partial charge in [-0.25, -0.2) is 9.78 Å². The lowest BCUT2D eigenvalue weighted by molar-refractivity contribution is -0.117. The van der Waals surface area contributed by atoms with E-state index in [9.17, 15) is 9.59 Å². The normalized spacial score (nSPS) is 24.2. The minimum Gasteiger partial charge on any atom is -0.444 e. The SMILES string of the molecule is CC1CN(c2cc(N)c3cnc(NC(=O)C4CC4C#N)cc3c2)C(=O)O1. The average molecular weight is 351 g/mol. The zero-order valence-corrected chi connectivity index (χ0v) is 14.1. The highest BCUT2D eigenvalue weighted by molar-refractivity contribution is 6.01. The smallest absolute Gasteiger partial charge is 0.414 e. The first-order valence-corrected chi connectivity index (χ1v) is 8.34. The van der Waals surface area contributed by atoms with Crippen LogP contribution < -0.4 is 16.0 Å². The summed E-state index contributed by atoms with van der Waals surface area (Å²) in [4.78, 5) is 29.8. The van der Waals surface area contributed by atoms with Gasteiger partial charge in [0.25, 0.3) is 0 Å². The lowest BCUT2D eigenvalue weighted by atomic mass is 10.1. The van der Waals surface area contributed by atoms with Crippen molar-refractivity contribution in [1.82, 2.24) is 4.98 Å². The molecule has 3 unspecified atom stereocenters. The average Bonchev–Trinajstić information content (AvgIpc) is 3.32. The standard InChI is InChI=1S/C18H17N5O3/c1-9-8-23(18(25)26-9)12-2-10-4-16(21-7-14(10)15(20)5-12)22-17(24)13-3-11(13)6-19/h2,4-5,7,9,11,13H,3,8,20H2,1H3,(H,21,22,24). The van der Waals surface area contributed by atoms with E-state index in [1.165, 1.54) is 4.90 Å². The molecule has 0 bridgehead atoms. The van der Waals surface area contributed by atoms with E-state index in [2.05, 4.69) is 16.4 Å². The van der Waals surface area contributed by atoms with Crippen molar-refractivity contribution >= 4 is 40.0 Å². The van der Waals surface area contributed by atoms with Crippen molar-refractivity contribution in [2.45, 2.75) is 19.4 Å². The van der Waals surface area contributed by atoms with Gasteiger partial charge in [0, 0.05) is 23.0 Å². The molecule has 0 radical (unpaired) electrons. The van der Waals surface area contributed by atoms with Crippen LogP contribution >= 0.6 is 0 Å². The number of amides is 2. The maximum atomic E-state index is 12.1. The molecule has 2 fully saturated rings. The molecule has 2 heterocycles. The van der Waals surface area contributed by atoms with Gasteiger partial charge in [-0.3, -0.25) is 9.69 Å². The Morgan fingerprint density at radius 3 is 2.92 bits per heavy atom. The van der Waals surface area contributed by atoms with Crippen LogP contribution in [0, 0.1) is 23.2 Å². The minimum atomic E-state index is -0.407. The number of nitrogen functional groups attached to an aromatic ring is 1. The van der Waals surface area contributed by atoms with E-state index < -0.39 is 6.09 Å². The Morgan fingerprint density at radius 1 is 1.46 bits per heavy atom. The number of aromatic nitrogens is 1. The zero-order chi connectivity index (χ0) is 18.4. The number of carbonyl (C=O) groups is 2. The van der Waals surface area contributed by atoms with Crippen LogP contribution in [-0.2, 0) is 9.53 Å². The van der Waals surface area contributed by atoms with Crippen LogP contribution in [0.5, 0.6) is 0 Å². The number of nitriles is 1. The van der Waals surface area contributed by atoms with E-state index in [0.717, 1.165) is 10.8 Å². The molecule has 1 saturated heterocycles. The number of benzene rings is 1. The van der Waals surface area contributed by atoms with Crippen LogP contribution in [0.4, 0.5) is 22.0 Å². The lowest BCUT2D eigenvalue weighted by Crippen LogP contribution is -2.24. The monoisotopic (exact) mass is 351 g/mol. The molecule has 2 amide bonds. The quantitative estimate of drug-likeness (QED) is 0.818. The fourth-order valence-electron chi connectivity index (χ4n) is 3.16. The van der Waals surface area contributed by atoms with Gasteiger partial charge >= 0.3 is 6.09 Å². The van der Waals surface area contributed by atoms with Gasteiger partial charge in [0.15, 0.2) is 0 Å². The predicted molar refractivity (Wildman–Crippen MR) is 95.3 cm³/mol. The summed E-state index contributed by atoms with van der Waals surface area (Å²) >= 11 is 0. The van der Waals surface area contributed by atoms with Gasteiger partial charge in [-0.1, -0.05) is 0 Å². The molecular formula is C18H17N5O3. The van der Waals surface area contributed by atoms with Gasteiger partial charge in [-0.05, 0) is 36.9 Å². The van der Waals surface area contributed by atoms with Gasteiger partial charge in [0.2, 0.25) is 5.91 Å². The zero-order valence-electron chi connectivity index (χ0n) is 14.1. The highest BCUT2D eigenvalue weighted by atomic mass is 16.6. The minimum absolute atomic E-state index is 0.182. The number of nitrogens with one attached hydrogen (secondary N) is 1. The Kier molecular flexibility index (Phi) is 3.65. The number of carbonyl (C=O) groups excluding carboxylic acids is 2. The molecule has 8 nitrogen and oxygen atoms in total. The predicted octanol–water partition coefficient (Wildman–Crippen LogP) is 2.26. The molecule has 2 aromatic rings. The molecular weight excluding hydrogens is 334 g/mol. The van der Waals surface area contributed by atoms with Gasteiger partial charge in [0.1, 0.15) is 11.9 Å². The fraction of sp³-hybridized carbons (Fsp3) is 0.333. The van der Waals surface area contributed by atoms with Crippen LogP contribution in [0.25, 0.3) is 10.8 Å². The molecule has 3 N–H and O–H groups in total. The van der Waals surface area contributed by atoms with Gasteiger partial charge < -0.3 is 15.8 Å². The van der Waals surface area contributed by atoms with Crippen molar-refractivity contribution in [3.05, 3.63) is 24.4 Å². The summed E-state index contributed by atoms with van der Waals surface area (Å²) in [5.74, 6) is -0.292. The summed E-state index contributed by atoms with van der Waals surface area (Å²) in [6.45, 7) is 2.28. The number of rotatable bonds is 3. The Labute approximate surface area is 149 Å². The first-order valence-electron chi connectivity index (χ1n) is 8.34. The largest absolute Gasteiger partial charge is 0.444 e. The molecule has 26 heavy (non-hydrogen) atoms. The molecule has 0 spiro atoms. The molecule has 4 rings (SSSR count). The van der Waals surface area contributed by atoms with Crippen molar-refractivity contribution in [3.8, 4) is 6.07 Å². The molecule has 1 aliphatic carbocycles. The maximum Gasteiger partial charge on any atom is 0.414 e. The number of nitrogens with two attached hydrogens (primary N) is 1. The number of pyridine rings is 1. The Morgan fingerprint density at radius 2 is 2.27 bits per heavy atom. The summed E-state index contributed by atoms with van der Waals surface area (Å²) in [5, 5.41) is 13.1. The third-order valence-electron chi connectivity index (χ3n) is 4.67. The van der Waals surface area contributed by atoms with Gasteiger partial charge in [-0.2, -0.15) is 5.26 Å². The van der Waals surface area contributed by atoms with Crippen molar-refractivity contribution < 1.29 is 14.3 Å². The molecule has 1 aromatic carbocycles. The summed E-state index contributed by atoms with van der Waals surface area (Å²) in [6.07, 6.45) is 1.58. The van der Waals surface area contributed by atoms with Crippen LogP contribution in [0.2, 0.25) is 0 Å². The third-order valence-corrected chi connectivity index (χ3v) is 4.67. The van der Waals surface area contributed by atoms with Crippen molar-refractivity contribution in [3.63, 3.8) is 0 Å². The number of fused-ring (bicyclic) bond motifs is 1. The first-order chi connectivity index (χ1) is 12.5. The second-order valence-corrected chi connectivity index (χ2v) is 6.70. The summed E-state index contributed by atoms with van der Waals surface area (Å²) in [6, 6.07) is 7.33. The van der Waals surface area contributed by atoms with Gasteiger partial charge in [-0.15, -0.1) is 0 Å². The molecule has 1 aromatic heterocycles. The Hall–Kier alpha value is -3.34. The second kappa shape index (κ2) is 5.88. The number of nitrogens with zero attached hydrogens (tertiary/aromatic N) is 3. The third kappa shape index (κ3) is 2.77. The van der Waals surface area contributed by atoms with Crippen LogP contribution in [0.15, 0.2) is 24.4 Å². The lowest BCUT2D eigenvalue weighted by Gasteiger charge is -2.15. The van der Waals surface area contributed by atoms with Crippen LogP contribution in [0.3, 0.4) is 0 Å². The maximum absolute atomic E-state index is 12.1. The van der Waals surface area contributed by atoms with Crippen molar-refractivity contribution in [2.24, 2.45) is 11.8 Å². The highest BCUT2D eigenvalue weighted by Crippen LogP contribution is 2.38. The van der Waals surface area contributed by atoms with E-state index in [0.29, 0.717) is 30.2 Å². The van der Waals surface area contributed by atoms with E-state index >= 15 is 0 Å². The number of ether oxygens (including phenoxy) is 1. The summed E-state index contributed by atoms with van der Waals surface area (Å²) < 4.78 is 5.16. The topological polar surface area (TPSA) is 121 Å². The van der Waals surface area contributed by atoms with E-state index in [1.54, 1.807) is 18.3 Å². The molecule has 2 aliphatic rings.